The lowest BCUT2D eigenvalue weighted by atomic mass is 10.2. The Balaban J connectivity index is 1.45. The smallest absolute Gasteiger partial charge is 0.254 e. The van der Waals surface area contributed by atoms with Gasteiger partial charge < -0.3 is 9.80 Å². The quantitative estimate of drug-likeness (QED) is 0.719. The maximum Gasteiger partial charge on any atom is 0.254 e. The summed E-state index contributed by atoms with van der Waals surface area (Å²) in [6.07, 6.45) is 2.02. The number of fused-ring (bicyclic) bond motifs is 1. The first-order valence-corrected chi connectivity index (χ1v) is 8.81. The van der Waals surface area contributed by atoms with Gasteiger partial charge in [-0.2, -0.15) is 14.6 Å². The third-order valence-electron chi connectivity index (χ3n) is 4.22. The molecule has 0 unspecified atom stereocenters. The number of thiophene rings is 1. The Hall–Kier alpha value is -2.48. The molecule has 0 aliphatic carbocycles. The van der Waals surface area contributed by atoms with Crippen molar-refractivity contribution in [2.24, 2.45) is 0 Å². The van der Waals surface area contributed by atoms with Crippen molar-refractivity contribution in [3.63, 3.8) is 0 Å². The third-order valence-corrected chi connectivity index (χ3v) is 5.10. The van der Waals surface area contributed by atoms with Crippen LogP contribution in [0.2, 0.25) is 0 Å². The first kappa shape index (κ1) is 15.1. The van der Waals surface area contributed by atoms with Crippen molar-refractivity contribution < 1.29 is 4.79 Å². The maximum absolute atomic E-state index is 12.4. The van der Waals surface area contributed by atoms with E-state index >= 15 is 0 Å². The Bertz CT molecular complexity index is 851. The Morgan fingerprint density at radius 2 is 2.12 bits per heavy atom. The largest absolute Gasteiger partial charge is 0.353 e. The summed E-state index contributed by atoms with van der Waals surface area (Å²) in [5, 5.41) is 6.27. The number of amides is 1. The van der Waals surface area contributed by atoms with Crippen LogP contribution < -0.4 is 4.90 Å². The number of hydrogen-bond acceptors (Lipinski definition) is 6. The summed E-state index contributed by atoms with van der Waals surface area (Å²) in [5.74, 6) is 1.80. The van der Waals surface area contributed by atoms with Crippen molar-refractivity contribution in [1.29, 1.82) is 0 Å². The molecular weight excluding hydrogens is 324 g/mol. The molecule has 0 radical (unpaired) electrons. The highest BCUT2D eigenvalue weighted by atomic mass is 32.1. The Morgan fingerprint density at radius 1 is 1.29 bits per heavy atom. The summed E-state index contributed by atoms with van der Waals surface area (Å²) in [7, 11) is 0. The second kappa shape index (κ2) is 6.20. The van der Waals surface area contributed by atoms with Gasteiger partial charge in [0.05, 0.1) is 6.42 Å². The minimum absolute atomic E-state index is 0.203. The standard InChI is InChI=1S/C16H18N6OS/c1-12-9-14(22-16(19-12)17-11-18-22)20-4-6-21(7-5-20)15(23)10-13-3-2-8-24-13/h2-3,8-9,11H,4-7,10H2,1H3. The average molecular weight is 342 g/mol. The van der Waals surface area contributed by atoms with Gasteiger partial charge in [-0.3, -0.25) is 4.79 Å². The van der Waals surface area contributed by atoms with Gasteiger partial charge in [0.1, 0.15) is 12.1 Å². The van der Waals surface area contributed by atoms with Gasteiger partial charge in [-0.15, -0.1) is 11.3 Å². The number of anilines is 1. The molecule has 8 heteroatoms. The van der Waals surface area contributed by atoms with Crippen LogP contribution in [0.3, 0.4) is 0 Å². The molecule has 4 rings (SSSR count). The molecular formula is C16H18N6OS. The summed E-state index contributed by atoms with van der Waals surface area (Å²) in [5.41, 5.74) is 0.918. The van der Waals surface area contributed by atoms with E-state index in [4.69, 9.17) is 0 Å². The van der Waals surface area contributed by atoms with Crippen molar-refractivity contribution in [2.45, 2.75) is 13.3 Å². The van der Waals surface area contributed by atoms with Gasteiger partial charge in [0.25, 0.3) is 5.78 Å². The number of piperazine rings is 1. The number of hydrogen-bond donors (Lipinski definition) is 0. The molecule has 24 heavy (non-hydrogen) atoms. The normalized spacial score (nSPS) is 15.2. The van der Waals surface area contributed by atoms with Crippen LogP contribution in [0, 0.1) is 6.92 Å². The molecule has 0 spiro atoms. The predicted octanol–water partition coefficient (Wildman–Crippen LogP) is 1.39. The number of aryl methyl sites for hydroxylation is 1. The van der Waals surface area contributed by atoms with E-state index in [-0.39, 0.29) is 5.91 Å². The molecule has 1 saturated heterocycles. The van der Waals surface area contributed by atoms with Gasteiger partial charge >= 0.3 is 0 Å². The van der Waals surface area contributed by atoms with Crippen LogP contribution >= 0.6 is 11.3 Å². The van der Waals surface area contributed by atoms with Crippen LogP contribution in [0.5, 0.6) is 0 Å². The van der Waals surface area contributed by atoms with Crippen LogP contribution in [-0.4, -0.2) is 56.6 Å². The van der Waals surface area contributed by atoms with Gasteiger partial charge in [-0.05, 0) is 18.4 Å². The lowest BCUT2D eigenvalue weighted by molar-refractivity contribution is -0.130. The topological polar surface area (TPSA) is 66.6 Å². The van der Waals surface area contributed by atoms with E-state index in [9.17, 15) is 4.79 Å². The third kappa shape index (κ3) is 2.84. The van der Waals surface area contributed by atoms with Gasteiger partial charge in [-0.25, -0.2) is 4.98 Å². The second-order valence-electron chi connectivity index (χ2n) is 5.85. The molecule has 4 heterocycles. The highest BCUT2D eigenvalue weighted by Crippen LogP contribution is 2.18. The fourth-order valence-electron chi connectivity index (χ4n) is 3.00. The SMILES string of the molecule is Cc1cc(N2CCN(C(=O)Cc3cccs3)CC2)n2ncnc2n1. The molecule has 1 fully saturated rings. The van der Waals surface area contributed by atoms with E-state index in [0.29, 0.717) is 12.2 Å². The summed E-state index contributed by atoms with van der Waals surface area (Å²) in [6.45, 7) is 4.98. The van der Waals surface area contributed by atoms with Crippen LogP contribution in [0.1, 0.15) is 10.6 Å². The fraction of sp³-hybridized carbons (Fsp3) is 0.375. The first-order valence-electron chi connectivity index (χ1n) is 7.93. The maximum atomic E-state index is 12.4. The van der Waals surface area contributed by atoms with Crippen molar-refractivity contribution in [3.05, 3.63) is 40.5 Å². The lowest BCUT2D eigenvalue weighted by Gasteiger charge is -2.36. The van der Waals surface area contributed by atoms with Crippen LogP contribution in [0.15, 0.2) is 29.9 Å². The Morgan fingerprint density at radius 3 is 2.88 bits per heavy atom. The van der Waals surface area contributed by atoms with Crippen LogP contribution in [-0.2, 0) is 11.2 Å². The van der Waals surface area contributed by atoms with Gasteiger partial charge in [-0.1, -0.05) is 6.07 Å². The minimum Gasteiger partial charge on any atom is -0.353 e. The van der Waals surface area contributed by atoms with E-state index in [0.717, 1.165) is 42.6 Å². The van der Waals surface area contributed by atoms with E-state index in [2.05, 4.69) is 20.0 Å². The number of carbonyl (C=O) groups is 1. The molecule has 0 N–H and O–H groups in total. The molecule has 0 aromatic carbocycles. The summed E-state index contributed by atoms with van der Waals surface area (Å²) in [6, 6.07) is 6.02. The van der Waals surface area contributed by atoms with Gasteiger partial charge in [0.15, 0.2) is 0 Å². The summed E-state index contributed by atoms with van der Waals surface area (Å²) >= 11 is 1.63. The highest BCUT2D eigenvalue weighted by Gasteiger charge is 2.23. The molecule has 0 bridgehead atoms. The molecule has 1 aliphatic heterocycles. The molecule has 124 valence electrons. The fourth-order valence-corrected chi connectivity index (χ4v) is 3.69. The number of rotatable bonds is 3. The van der Waals surface area contributed by atoms with E-state index in [1.807, 2.05) is 35.4 Å². The first-order chi connectivity index (χ1) is 11.7. The second-order valence-corrected chi connectivity index (χ2v) is 6.88. The lowest BCUT2D eigenvalue weighted by Crippen LogP contribution is -2.49. The van der Waals surface area contributed by atoms with Crippen LogP contribution in [0.25, 0.3) is 5.78 Å². The van der Waals surface area contributed by atoms with Gasteiger partial charge in [0.2, 0.25) is 5.91 Å². The van der Waals surface area contributed by atoms with Crippen molar-refractivity contribution in [1.82, 2.24) is 24.5 Å². The summed E-state index contributed by atoms with van der Waals surface area (Å²) < 4.78 is 1.76. The molecule has 1 amide bonds. The number of aromatic nitrogens is 4. The predicted molar refractivity (Wildman–Crippen MR) is 92.3 cm³/mol. The molecule has 3 aromatic rings. The van der Waals surface area contributed by atoms with E-state index in [1.165, 1.54) is 6.33 Å². The Kier molecular flexibility index (Phi) is 3.89. The zero-order valence-corrected chi connectivity index (χ0v) is 14.2. The van der Waals surface area contributed by atoms with Crippen molar-refractivity contribution in [3.8, 4) is 0 Å². The van der Waals surface area contributed by atoms with E-state index in [1.54, 1.807) is 15.9 Å². The van der Waals surface area contributed by atoms with E-state index < -0.39 is 0 Å². The molecule has 1 aliphatic rings. The minimum atomic E-state index is 0.203. The van der Waals surface area contributed by atoms with Crippen molar-refractivity contribution in [2.75, 3.05) is 31.1 Å². The molecule has 7 nitrogen and oxygen atoms in total. The Labute approximate surface area is 143 Å². The number of nitrogens with zero attached hydrogens (tertiary/aromatic N) is 6. The summed E-state index contributed by atoms with van der Waals surface area (Å²) in [4.78, 5) is 26.3. The zero-order valence-electron chi connectivity index (χ0n) is 13.4. The molecule has 0 saturated carbocycles. The average Bonchev–Trinajstić information content (AvgIpc) is 3.25. The highest BCUT2D eigenvalue weighted by molar-refractivity contribution is 7.10. The van der Waals surface area contributed by atoms with Crippen molar-refractivity contribution >= 4 is 28.8 Å². The zero-order chi connectivity index (χ0) is 16.5. The van der Waals surface area contributed by atoms with Gasteiger partial charge in [0, 0.05) is 42.8 Å². The number of carbonyl (C=O) groups excluding carboxylic acids is 1. The van der Waals surface area contributed by atoms with Crippen LogP contribution in [0.4, 0.5) is 5.82 Å². The molecule has 0 atom stereocenters. The molecule has 3 aromatic heterocycles. The monoisotopic (exact) mass is 342 g/mol.